The molecule has 9 heteroatoms. The van der Waals surface area contributed by atoms with Gasteiger partial charge in [0.25, 0.3) is 5.89 Å². The molecule has 0 N–H and O–H groups in total. The van der Waals surface area contributed by atoms with Gasteiger partial charge in [-0.05, 0) is 32.9 Å². The quantitative estimate of drug-likeness (QED) is 0.651. The first-order chi connectivity index (χ1) is 12.3. The molecule has 0 aliphatic carbocycles. The Kier molecular flexibility index (Phi) is 4.92. The van der Waals surface area contributed by atoms with Gasteiger partial charge in [0.1, 0.15) is 10.6 Å². The fraction of sp³-hybridized carbons (Fsp3) is 0.353. The lowest BCUT2D eigenvalue weighted by Crippen LogP contribution is -2.30. The number of hydrogen-bond donors (Lipinski definition) is 0. The van der Waals surface area contributed by atoms with Crippen molar-refractivity contribution in [2.45, 2.75) is 32.1 Å². The second kappa shape index (κ2) is 7.00. The minimum atomic E-state index is -3.69. The third kappa shape index (κ3) is 3.54. The molecule has 8 nitrogen and oxygen atoms in total. The molecule has 0 aliphatic rings. The van der Waals surface area contributed by atoms with Gasteiger partial charge in [-0.25, -0.2) is 12.7 Å². The molecule has 0 bridgehead atoms. The normalized spacial score (nSPS) is 12.0. The Morgan fingerprint density at radius 2 is 1.73 bits per heavy atom. The van der Waals surface area contributed by atoms with Crippen LogP contribution in [-0.2, 0) is 16.4 Å². The standard InChI is InChI=1S/C17H20N4O4S/c1-11-5-7-14(8-6-11)17-18-15(20-25-17)9-10-21(4)26(22,23)16-12(2)19-24-13(16)3/h5-8H,9-10H2,1-4H3. The van der Waals surface area contributed by atoms with Crippen LogP contribution >= 0.6 is 0 Å². The zero-order valence-corrected chi connectivity index (χ0v) is 15.9. The summed E-state index contributed by atoms with van der Waals surface area (Å²) < 4.78 is 36.8. The molecular formula is C17H20N4O4S. The van der Waals surface area contributed by atoms with Gasteiger partial charge in [-0.3, -0.25) is 0 Å². The molecule has 26 heavy (non-hydrogen) atoms. The Balaban J connectivity index is 1.70. The Hall–Kier alpha value is -2.52. The summed E-state index contributed by atoms with van der Waals surface area (Å²) in [7, 11) is -2.18. The first kappa shape index (κ1) is 18.3. The number of hydrogen-bond acceptors (Lipinski definition) is 7. The molecule has 1 aromatic carbocycles. The molecule has 0 spiro atoms. The van der Waals surface area contributed by atoms with Crippen molar-refractivity contribution in [2.75, 3.05) is 13.6 Å². The molecule has 2 aromatic heterocycles. The highest BCUT2D eigenvalue weighted by Crippen LogP contribution is 2.23. The first-order valence-corrected chi connectivity index (χ1v) is 9.52. The van der Waals surface area contributed by atoms with Crippen LogP contribution < -0.4 is 0 Å². The summed E-state index contributed by atoms with van der Waals surface area (Å²) in [5.41, 5.74) is 2.31. The molecule has 3 rings (SSSR count). The maximum atomic E-state index is 12.7. The Labute approximate surface area is 151 Å². The van der Waals surface area contributed by atoms with Gasteiger partial charge in [-0.1, -0.05) is 28.0 Å². The van der Waals surface area contributed by atoms with Crippen molar-refractivity contribution in [3.63, 3.8) is 0 Å². The van der Waals surface area contributed by atoms with Gasteiger partial charge in [-0.2, -0.15) is 4.98 Å². The topological polar surface area (TPSA) is 102 Å². The van der Waals surface area contributed by atoms with Crippen molar-refractivity contribution in [1.29, 1.82) is 0 Å². The summed E-state index contributed by atoms with van der Waals surface area (Å²) in [6, 6.07) is 7.73. The molecule has 3 aromatic rings. The van der Waals surface area contributed by atoms with E-state index in [0.717, 1.165) is 11.1 Å². The Bertz CT molecular complexity index is 986. The largest absolute Gasteiger partial charge is 0.360 e. The van der Waals surface area contributed by atoms with Crippen LogP contribution in [-0.4, -0.2) is 41.6 Å². The number of rotatable bonds is 6. The predicted octanol–water partition coefficient (Wildman–Crippen LogP) is 2.51. The highest BCUT2D eigenvalue weighted by molar-refractivity contribution is 7.89. The van der Waals surface area contributed by atoms with Crippen molar-refractivity contribution in [3.05, 3.63) is 47.1 Å². The van der Waals surface area contributed by atoms with Crippen LogP contribution in [0.25, 0.3) is 11.5 Å². The third-order valence-corrected chi connectivity index (χ3v) is 6.16. The Morgan fingerprint density at radius 1 is 1.04 bits per heavy atom. The highest BCUT2D eigenvalue weighted by Gasteiger charge is 2.28. The van der Waals surface area contributed by atoms with Gasteiger partial charge in [0.05, 0.1) is 0 Å². The SMILES string of the molecule is Cc1ccc(-c2nc(CCN(C)S(=O)(=O)c3c(C)noc3C)no2)cc1. The van der Waals surface area contributed by atoms with Crippen LogP contribution in [0.2, 0.25) is 0 Å². The summed E-state index contributed by atoms with van der Waals surface area (Å²) in [5, 5.41) is 7.63. The maximum absolute atomic E-state index is 12.7. The lowest BCUT2D eigenvalue weighted by atomic mass is 10.1. The minimum Gasteiger partial charge on any atom is -0.360 e. The van der Waals surface area contributed by atoms with E-state index in [0.29, 0.717) is 23.8 Å². The fourth-order valence-corrected chi connectivity index (χ4v) is 4.00. The van der Waals surface area contributed by atoms with Gasteiger partial charge in [0, 0.05) is 25.6 Å². The summed E-state index contributed by atoms with van der Waals surface area (Å²) in [5.74, 6) is 1.13. The lowest BCUT2D eigenvalue weighted by Gasteiger charge is -2.15. The van der Waals surface area contributed by atoms with Crippen molar-refractivity contribution < 1.29 is 17.5 Å². The number of benzene rings is 1. The van der Waals surface area contributed by atoms with E-state index in [4.69, 9.17) is 9.05 Å². The van der Waals surface area contributed by atoms with Crippen LogP contribution in [0.4, 0.5) is 0 Å². The Morgan fingerprint density at radius 3 is 2.35 bits per heavy atom. The number of sulfonamides is 1. The van der Waals surface area contributed by atoms with Crippen LogP contribution in [0.15, 0.2) is 38.2 Å². The minimum absolute atomic E-state index is 0.105. The van der Waals surface area contributed by atoms with Crippen LogP contribution in [0.3, 0.4) is 0 Å². The molecule has 0 unspecified atom stereocenters. The first-order valence-electron chi connectivity index (χ1n) is 8.08. The average Bonchev–Trinajstić information content (AvgIpc) is 3.20. The van der Waals surface area contributed by atoms with E-state index >= 15 is 0 Å². The van der Waals surface area contributed by atoms with E-state index in [9.17, 15) is 8.42 Å². The van der Waals surface area contributed by atoms with Gasteiger partial charge >= 0.3 is 0 Å². The van der Waals surface area contributed by atoms with Crippen LogP contribution in [0.1, 0.15) is 22.8 Å². The molecule has 0 amide bonds. The summed E-state index contributed by atoms with van der Waals surface area (Å²) >= 11 is 0. The van der Waals surface area contributed by atoms with E-state index in [1.54, 1.807) is 13.8 Å². The van der Waals surface area contributed by atoms with E-state index < -0.39 is 10.0 Å². The zero-order valence-electron chi connectivity index (χ0n) is 15.1. The molecule has 138 valence electrons. The van der Waals surface area contributed by atoms with Crippen molar-refractivity contribution >= 4 is 10.0 Å². The number of nitrogens with zero attached hydrogens (tertiary/aromatic N) is 4. The molecular weight excluding hydrogens is 356 g/mol. The second-order valence-corrected chi connectivity index (χ2v) is 8.09. The van der Waals surface area contributed by atoms with E-state index in [1.165, 1.54) is 11.4 Å². The molecule has 0 atom stereocenters. The van der Waals surface area contributed by atoms with Crippen molar-refractivity contribution in [2.24, 2.45) is 0 Å². The van der Waals surface area contributed by atoms with Gasteiger partial charge in [0.15, 0.2) is 11.6 Å². The highest BCUT2D eigenvalue weighted by atomic mass is 32.2. The van der Waals surface area contributed by atoms with Crippen LogP contribution in [0, 0.1) is 20.8 Å². The van der Waals surface area contributed by atoms with E-state index in [1.807, 2.05) is 31.2 Å². The molecule has 0 aliphatic heterocycles. The zero-order chi connectivity index (χ0) is 18.9. The fourth-order valence-electron chi connectivity index (χ4n) is 2.55. The van der Waals surface area contributed by atoms with E-state index in [2.05, 4.69) is 15.3 Å². The third-order valence-electron chi connectivity index (χ3n) is 4.05. The molecule has 2 heterocycles. The maximum Gasteiger partial charge on any atom is 0.257 e. The predicted molar refractivity (Wildman–Crippen MR) is 94.0 cm³/mol. The lowest BCUT2D eigenvalue weighted by molar-refractivity contribution is 0.389. The summed E-state index contributed by atoms with van der Waals surface area (Å²) in [6.45, 7) is 5.38. The summed E-state index contributed by atoms with van der Waals surface area (Å²) in [6.07, 6.45) is 0.328. The van der Waals surface area contributed by atoms with Gasteiger partial charge in [0.2, 0.25) is 10.0 Å². The molecule has 0 saturated heterocycles. The molecule has 0 saturated carbocycles. The summed E-state index contributed by atoms with van der Waals surface area (Å²) in [4.78, 5) is 4.44. The van der Waals surface area contributed by atoms with Gasteiger partial charge in [-0.15, -0.1) is 0 Å². The average molecular weight is 376 g/mol. The van der Waals surface area contributed by atoms with Crippen LogP contribution in [0.5, 0.6) is 0 Å². The second-order valence-electron chi connectivity index (χ2n) is 6.11. The van der Waals surface area contributed by atoms with Crippen molar-refractivity contribution in [1.82, 2.24) is 19.6 Å². The number of aryl methyl sites for hydroxylation is 3. The smallest absolute Gasteiger partial charge is 0.257 e. The van der Waals surface area contributed by atoms with Gasteiger partial charge < -0.3 is 9.05 Å². The number of likely N-dealkylation sites (N-methyl/N-ethyl adjacent to an activating group) is 1. The number of aromatic nitrogens is 3. The molecule has 0 fully saturated rings. The molecule has 0 radical (unpaired) electrons. The van der Waals surface area contributed by atoms with E-state index in [-0.39, 0.29) is 17.2 Å². The van der Waals surface area contributed by atoms with Crippen molar-refractivity contribution in [3.8, 4) is 11.5 Å². The monoisotopic (exact) mass is 376 g/mol.